The van der Waals surface area contributed by atoms with Gasteiger partial charge in [-0.15, -0.1) is 0 Å². The molecule has 28 heavy (non-hydrogen) atoms. The molecule has 0 unspecified atom stereocenters. The molecule has 3 rings (SSSR count). The molecule has 0 saturated carbocycles. The maximum atomic E-state index is 6.04. The van der Waals surface area contributed by atoms with Crippen molar-refractivity contribution in [2.45, 2.75) is 26.3 Å². The first-order valence-electron chi connectivity index (χ1n) is 9.08. The number of rotatable bonds is 6. The Labute approximate surface area is 175 Å². The summed E-state index contributed by atoms with van der Waals surface area (Å²) in [4.78, 5) is 9.34. The first-order valence-corrected chi connectivity index (χ1v) is 9.84. The SMILES string of the molecule is CC(C)(C)NCCOc1cnc(-c2ccc(Cl)cc2)c(-c2ccc(Cl)cc2)n1. The van der Waals surface area contributed by atoms with E-state index in [0.29, 0.717) is 22.5 Å². The second kappa shape index (κ2) is 8.91. The first-order chi connectivity index (χ1) is 13.3. The summed E-state index contributed by atoms with van der Waals surface area (Å²) in [5.41, 5.74) is 3.39. The van der Waals surface area contributed by atoms with Crippen molar-refractivity contribution in [3.05, 3.63) is 64.8 Å². The van der Waals surface area contributed by atoms with Gasteiger partial charge in [0.25, 0.3) is 0 Å². The van der Waals surface area contributed by atoms with E-state index in [4.69, 9.17) is 32.9 Å². The van der Waals surface area contributed by atoms with E-state index in [-0.39, 0.29) is 5.54 Å². The molecule has 2 aromatic carbocycles. The van der Waals surface area contributed by atoms with Crippen molar-refractivity contribution in [2.75, 3.05) is 13.2 Å². The molecule has 0 saturated heterocycles. The zero-order chi connectivity index (χ0) is 20.1. The summed E-state index contributed by atoms with van der Waals surface area (Å²) in [5, 5.41) is 4.74. The van der Waals surface area contributed by atoms with Gasteiger partial charge in [-0.25, -0.2) is 9.97 Å². The van der Waals surface area contributed by atoms with Gasteiger partial charge in [-0.1, -0.05) is 47.5 Å². The van der Waals surface area contributed by atoms with Crippen molar-refractivity contribution in [1.29, 1.82) is 0 Å². The highest BCUT2D eigenvalue weighted by molar-refractivity contribution is 6.31. The van der Waals surface area contributed by atoms with Gasteiger partial charge in [0.1, 0.15) is 12.3 Å². The van der Waals surface area contributed by atoms with Crippen LogP contribution in [0.3, 0.4) is 0 Å². The van der Waals surface area contributed by atoms with Gasteiger partial charge in [0.15, 0.2) is 0 Å². The van der Waals surface area contributed by atoms with E-state index in [1.54, 1.807) is 6.20 Å². The van der Waals surface area contributed by atoms with E-state index in [0.717, 1.165) is 29.1 Å². The molecule has 0 fully saturated rings. The van der Waals surface area contributed by atoms with E-state index in [1.165, 1.54) is 0 Å². The van der Waals surface area contributed by atoms with Crippen LogP contribution in [0.25, 0.3) is 22.5 Å². The van der Waals surface area contributed by atoms with Gasteiger partial charge < -0.3 is 10.1 Å². The molecule has 0 aliphatic carbocycles. The van der Waals surface area contributed by atoms with Crippen molar-refractivity contribution in [1.82, 2.24) is 15.3 Å². The molecule has 1 aromatic heterocycles. The minimum Gasteiger partial charge on any atom is -0.475 e. The van der Waals surface area contributed by atoms with Gasteiger partial charge in [-0.3, -0.25) is 0 Å². The number of nitrogens with zero attached hydrogens (tertiary/aromatic N) is 2. The summed E-state index contributed by atoms with van der Waals surface area (Å²) in [5.74, 6) is 0.485. The summed E-state index contributed by atoms with van der Waals surface area (Å²) in [6, 6.07) is 15.1. The lowest BCUT2D eigenvalue weighted by molar-refractivity contribution is 0.281. The first kappa shape index (κ1) is 20.6. The summed E-state index contributed by atoms with van der Waals surface area (Å²) in [6.07, 6.45) is 1.65. The van der Waals surface area contributed by atoms with Crippen molar-refractivity contribution >= 4 is 23.2 Å². The molecule has 1 N–H and O–H groups in total. The topological polar surface area (TPSA) is 47.0 Å². The van der Waals surface area contributed by atoms with Crippen LogP contribution in [0.5, 0.6) is 5.88 Å². The molecule has 146 valence electrons. The summed E-state index contributed by atoms with van der Waals surface area (Å²) in [6.45, 7) is 7.58. The molecule has 0 spiro atoms. The van der Waals surface area contributed by atoms with Gasteiger partial charge in [-0.05, 0) is 45.0 Å². The fourth-order valence-electron chi connectivity index (χ4n) is 2.65. The number of aromatic nitrogens is 2. The number of halogens is 2. The van der Waals surface area contributed by atoms with Gasteiger partial charge in [0, 0.05) is 33.3 Å². The maximum absolute atomic E-state index is 6.04. The monoisotopic (exact) mass is 415 g/mol. The molecule has 0 amide bonds. The largest absolute Gasteiger partial charge is 0.475 e. The molecule has 0 radical (unpaired) electrons. The maximum Gasteiger partial charge on any atom is 0.232 e. The molecule has 0 aliphatic rings. The zero-order valence-electron chi connectivity index (χ0n) is 16.2. The average molecular weight is 416 g/mol. The predicted octanol–water partition coefficient (Wildman–Crippen LogP) is 5.88. The molecule has 0 atom stereocenters. The lowest BCUT2D eigenvalue weighted by atomic mass is 10.0. The Morgan fingerprint density at radius 1 is 0.857 bits per heavy atom. The van der Waals surface area contributed by atoms with Crippen LogP contribution < -0.4 is 10.1 Å². The Bertz CT molecular complexity index is 920. The van der Waals surface area contributed by atoms with Crippen LogP contribution in [0.15, 0.2) is 54.7 Å². The van der Waals surface area contributed by atoms with Crippen LogP contribution >= 0.6 is 23.2 Å². The molecule has 6 heteroatoms. The van der Waals surface area contributed by atoms with Crippen molar-refractivity contribution in [3.63, 3.8) is 0 Å². The second-order valence-corrected chi connectivity index (χ2v) is 8.32. The van der Waals surface area contributed by atoms with Gasteiger partial charge in [-0.2, -0.15) is 0 Å². The number of hydrogen-bond donors (Lipinski definition) is 1. The van der Waals surface area contributed by atoms with E-state index >= 15 is 0 Å². The van der Waals surface area contributed by atoms with Crippen LogP contribution in [0.1, 0.15) is 20.8 Å². The van der Waals surface area contributed by atoms with E-state index in [2.05, 4.69) is 31.1 Å². The molecule has 0 aliphatic heterocycles. The van der Waals surface area contributed by atoms with Crippen LogP contribution in [0.2, 0.25) is 10.0 Å². The standard InChI is InChI=1S/C22H23Cl2N3O/c1-22(2,3)26-12-13-28-19-14-25-20(15-4-8-17(23)9-5-15)21(27-19)16-6-10-18(24)11-7-16/h4-11,14,26H,12-13H2,1-3H3. The molecular weight excluding hydrogens is 393 g/mol. The fourth-order valence-corrected chi connectivity index (χ4v) is 2.90. The lowest BCUT2D eigenvalue weighted by Crippen LogP contribution is -2.38. The van der Waals surface area contributed by atoms with E-state index < -0.39 is 0 Å². The minimum absolute atomic E-state index is 0.0436. The third-order valence-corrected chi connectivity index (χ3v) is 4.50. The van der Waals surface area contributed by atoms with Crippen LogP contribution in [0.4, 0.5) is 0 Å². The summed E-state index contributed by atoms with van der Waals surface area (Å²) in [7, 11) is 0. The highest BCUT2D eigenvalue weighted by Crippen LogP contribution is 2.31. The molecular formula is C22H23Cl2N3O. The normalized spacial score (nSPS) is 11.5. The van der Waals surface area contributed by atoms with Crippen molar-refractivity contribution < 1.29 is 4.74 Å². The molecule has 3 aromatic rings. The quantitative estimate of drug-likeness (QED) is 0.510. The van der Waals surface area contributed by atoms with Gasteiger partial charge >= 0.3 is 0 Å². The van der Waals surface area contributed by atoms with Crippen LogP contribution in [-0.4, -0.2) is 28.7 Å². The molecule has 1 heterocycles. The second-order valence-electron chi connectivity index (χ2n) is 7.44. The smallest absolute Gasteiger partial charge is 0.232 e. The highest BCUT2D eigenvalue weighted by Gasteiger charge is 2.14. The average Bonchev–Trinajstić information content (AvgIpc) is 2.66. The Morgan fingerprint density at radius 2 is 1.39 bits per heavy atom. The number of hydrogen-bond acceptors (Lipinski definition) is 4. The zero-order valence-corrected chi connectivity index (χ0v) is 17.7. The highest BCUT2D eigenvalue weighted by atomic mass is 35.5. The number of ether oxygens (including phenoxy) is 1. The van der Waals surface area contributed by atoms with Crippen molar-refractivity contribution in [3.8, 4) is 28.4 Å². The lowest BCUT2D eigenvalue weighted by Gasteiger charge is -2.20. The van der Waals surface area contributed by atoms with Crippen LogP contribution in [0, 0.1) is 0 Å². The fraction of sp³-hybridized carbons (Fsp3) is 0.273. The minimum atomic E-state index is 0.0436. The summed E-state index contributed by atoms with van der Waals surface area (Å²) >= 11 is 12.1. The third kappa shape index (κ3) is 5.68. The van der Waals surface area contributed by atoms with E-state index in [1.807, 2.05) is 48.5 Å². The Kier molecular flexibility index (Phi) is 6.55. The number of nitrogens with one attached hydrogen (secondary N) is 1. The Morgan fingerprint density at radius 3 is 1.93 bits per heavy atom. The Hall–Kier alpha value is -2.14. The van der Waals surface area contributed by atoms with Gasteiger partial charge in [0.05, 0.1) is 11.9 Å². The predicted molar refractivity (Wildman–Crippen MR) is 116 cm³/mol. The molecule has 4 nitrogen and oxygen atoms in total. The van der Waals surface area contributed by atoms with Crippen LogP contribution in [-0.2, 0) is 0 Å². The summed E-state index contributed by atoms with van der Waals surface area (Å²) < 4.78 is 5.81. The Balaban J connectivity index is 1.89. The van der Waals surface area contributed by atoms with Gasteiger partial charge in [0.2, 0.25) is 5.88 Å². The van der Waals surface area contributed by atoms with E-state index in [9.17, 15) is 0 Å². The molecule has 0 bridgehead atoms. The van der Waals surface area contributed by atoms with Crippen molar-refractivity contribution in [2.24, 2.45) is 0 Å². The third-order valence-electron chi connectivity index (χ3n) is 3.99. The number of benzene rings is 2.